The number of aryl methyl sites for hydroxylation is 1. The zero-order valence-corrected chi connectivity index (χ0v) is 20.3. The van der Waals surface area contributed by atoms with E-state index in [4.69, 9.17) is 0 Å². The minimum Gasteiger partial charge on any atom is -0.391 e. The van der Waals surface area contributed by atoms with Crippen molar-refractivity contribution in [3.8, 4) is 10.4 Å². The molecule has 174 valence electrons. The molecule has 0 spiro atoms. The molecule has 2 amide bonds. The third-order valence-electron chi connectivity index (χ3n) is 5.81. The molecule has 7 nitrogen and oxygen atoms in total. The Kier molecular flexibility index (Phi) is 7.69. The first-order valence-electron chi connectivity index (χ1n) is 11.1. The largest absolute Gasteiger partial charge is 0.391 e. The molecule has 0 saturated carbocycles. The van der Waals surface area contributed by atoms with Crippen molar-refractivity contribution in [1.29, 1.82) is 0 Å². The van der Waals surface area contributed by atoms with E-state index in [0.717, 1.165) is 21.7 Å². The van der Waals surface area contributed by atoms with Gasteiger partial charge in [0.15, 0.2) is 0 Å². The van der Waals surface area contributed by atoms with E-state index in [0.29, 0.717) is 13.1 Å². The number of carbonyl (C=O) groups is 2. The Morgan fingerprint density at radius 2 is 1.97 bits per heavy atom. The molecule has 1 fully saturated rings. The molecule has 0 aliphatic carbocycles. The second-order valence-electron chi connectivity index (χ2n) is 9.43. The lowest BCUT2D eigenvalue weighted by Crippen LogP contribution is -2.56. The fourth-order valence-corrected chi connectivity index (χ4v) is 4.91. The molecule has 0 radical (unpaired) electrons. The first kappa shape index (κ1) is 24.4. The first-order valence-corrected chi connectivity index (χ1v) is 12.0. The highest BCUT2D eigenvalue weighted by atomic mass is 32.1. The molecule has 8 heteroatoms. The summed E-state index contributed by atoms with van der Waals surface area (Å²) in [6.07, 6.45) is -0.441. The molecule has 2 aromatic rings. The van der Waals surface area contributed by atoms with Gasteiger partial charge in [-0.1, -0.05) is 52.0 Å². The summed E-state index contributed by atoms with van der Waals surface area (Å²) in [6.45, 7) is 11.1. The number of thiazole rings is 1. The molecular formula is C24H34N4O3S. The van der Waals surface area contributed by atoms with Gasteiger partial charge in [0.25, 0.3) is 0 Å². The van der Waals surface area contributed by atoms with Crippen LogP contribution in [-0.2, 0) is 16.1 Å². The minimum absolute atomic E-state index is 0.139. The summed E-state index contributed by atoms with van der Waals surface area (Å²) < 4.78 is 0. The third-order valence-corrected chi connectivity index (χ3v) is 6.79. The number of hydrogen-bond donors (Lipinski definition) is 3. The van der Waals surface area contributed by atoms with Gasteiger partial charge < -0.3 is 20.6 Å². The van der Waals surface area contributed by atoms with Crippen molar-refractivity contribution in [1.82, 2.24) is 20.5 Å². The zero-order chi connectivity index (χ0) is 23.5. The SMILES string of the molecule is CCN[C@@H](C(=O)N1C[C@H](O)C[C@H]1C(=O)NCc1ccc(-c2scnc2C)cc1)C(C)(C)C. The number of benzene rings is 1. The van der Waals surface area contributed by atoms with Crippen LogP contribution >= 0.6 is 11.3 Å². The number of β-amino-alcohol motifs (C(OH)–C–C–N with tert-alkyl or cyclic N) is 1. The van der Waals surface area contributed by atoms with E-state index in [9.17, 15) is 14.7 Å². The summed E-state index contributed by atoms with van der Waals surface area (Å²) in [6, 6.07) is 6.95. The molecule has 3 rings (SSSR count). The van der Waals surface area contributed by atoms with Gasteiger partial charge >= 0.3 is 0 Å². The molecule has 1 aromatic heterocycles. The summed E-state index contributed by atoms with van der Waals surface area (Å²) in [5, 5.41) is 16.4. The van der Waals surface area contributed by atoms with Gasteiger partial charge in [-0.3, -0.25) is 9.59 Å². The van der Waals surface area contributed by atoms with E-state index in [1.54, 1.807) is 11.3 Å². The molecule has 1 aliphatic heterocycles. The maximum Gasteiger partial charge on any atom is 0.243 e. The number of nitrogens with one attached hydrogen (secondary N) is 2. The molecule has 1 aliphatic rings. The Bertz CT molecular complexity index is 935. The molecule has 1 saturated heterocycles. The number of amides is 2. The number of nitrogens with zero attached hydrogens (tertiary/aromatic N) is 2. The lowest BCUT2D eigenvalue weighted by Gasteiger charge is -2.35. The lowest BCUT2D eigenvalue weighted by molar-refractivity contribution is -0.142. The van der Waals surface area contributed by atoms with Crippen molar-refractivity contribution in [2.24, 2.45) is 5.41 Å². The van der Waals surface area contributed by atoms with Crippen LogP contribution in [0.5, 0.6) is 0 Å². The molecule has 32 heavy (non-hydrogen) atoms. The van der Waals surface area contributed by atoms with Crippen molar-refractivity contribution >= 4 is 23.2 Å². The summed E-state index contributed by atoms with van der Waals surface area (Å²) in [4.78, 5) is 33.2. The van der Waals surface area contributed by atoms with E-state index in [1.807, 2.05) is 64.4 Å². The van der Waals surface area contributed by atoms with Gasteiger partial charge in [-0.15, -0.1) is 11.3 Å². The van der Waals surface area contributed by atoms with Crippen LogP contribution in [-0.4, -0.2) is 58.1 Å². The number of likely N-dealkylation sites (N-methyl/N-ethyl adjacent to an activating group) is 1. The fourth-order valence-electron chi connectivity index (χ4n) is 4.10. The summed E-state index contributed by atoms with van der Waals surface area (Å²) in [7, 11) is 0. The first-order chi connectivity index (χ1) is 15.1. The van der Waals surface area contributed by atoms with Gasteiger partial charge in [0.2, 0.25) is 11.8 Å². The lowest BCUT2D eigenvalue weighted by atomic mass is 9.85. The van der Waals surface area contributed by atoms with E-state index >= 15 is 0 Å². The number of likely N-dealkylation sites (tertiary alicyclic amines) is 1. The van der Waals surface area contributed by atoms with E-state index in [2.05, 4.69) is 15.6 Å². The maximum atomic E-state index is 13.3. The maximum absolute atomic E-state index is 13.3. The van der Waals surface area contributed by atoms with Gasteiger partial charge in [-0.25, -0.2) is 4.98 Å². The van der Waals surface area contributed by atoms with Gasteiger partial charge in [0.1, 0.15) is 6.04 Å². The normalized spacial score (nSPS) is 19.8. The fraction of sp³-hybridized carbons (Fsp3) is 0.542. The average Bonchev–Trinajstić information content (AvgIpc) is 3.35. The Hall–Kier alpha value is -2.29. The van der Waals surface area contributed by atoms with Crippen molar-refractivity contribution in [2.45, 2.75) is 65.8 Å². The second-order valence-corrected chi connectivity index (χ2v) is 10.3. The highest BCUT2D eigenvalue weighted by Crippen LogP contribution is 2.28. The predicted octanol–water partition coefficient (Wildman–Crippen LogP) is 2.72. The zero-order valence-electron chi connectivity index (χ0n) is 19.5. The number of carbonyl (C=O) groups excluding carboxylic acids is 2. The van der Waals surface area contributed by atoms with Crippen LogP contribution in [0.25, 0.3) is 10.4 Å². The number of aliphatic hydroxyl groups is 1. The smallest absolute Gasteiger partial charge is 0.243 e. The van der Waals surface area contributed by atoms with E-state index in [1.165, 1.54) is 4.90 Å². The Morgan fingerprint density at radius 3 is 2.53 bits per heavy atom. The van der Waals surface area contributed by atoms with Gasteiger partial charge in [-0.2, -0.15) is 0 Å². The molecule has 1 aromatic carbocycles. The van der Waals surface area contributed by atoms with Crippen LogP contribution in [0.1, 0.15) is 45.4 Å². The third kappa shape index (κ3) is 5.54. The molecule has 3 atom stereocenters. The topological polar surface area (TPSA) is 94.6 Å². The van der Waals surface area contributed by atoms with E-state index in [-0.39, 0.29) is 30.2 Å². The molecule has 0 unspecified atom stereocenters. The van der Waals surface area contributed by atoms with Crippen LogP contribution in [0.2, 0.25) is 0 Å². The van der Waals surface area contributed by atoms with Crippen molar-refractivity contribution in [2.75, 3.05) is 13.1 Å². The van der Waals surface area contributed by atoms with Crippen LogP contribution in [0.15, 0.2) is 29.8 Å². The highest BCUT2D eigenvalue weighted by Gasteiger charge is 2.43. The molecule has 3 N–H and O–H groups in total. The molecule has 0 bridgehead atoms. The van der Waals surface area contributed by atoms with Crippen LogP contribution in [0.4, 0.5) is 0 Å². The number of aliphatic hydroxyl groups excluding tert-OH is 1. The van der Waals surface area contributed by atoms with Crippen molar-refractivity contribution in [3.63, 3.8) is 0 Å². The molecular weight excluding hydrogens is 424 g/mol. The Labute approximate surface area is 194 Å². The average molecular weight is 459 g/mol. The van der Waals surface area contributed by atoms with E-state index < -0.39 is 18.2 Å². The Morgan fingerprint density at radius 1 is 1.28 bits per heavy atom. The quantitative estimate of drug-likeness (QED) is 0.593. The predicted molar refractivity (Wildman–Crippen MR) is 127 cm³/mol. The summed E-state index contributed by atoms with van der Waals surface area (Å²) >= 11 is 1.61. The van der Waals surface area contributed by atoms with Crippen molar-refractivity contribution in [3.05, 3.63) is 41.0 Å². The minimum atomic E-state index is -0.695. The van der Waals surface area contributed by atoms with Crippen LogP contribution in [0, 0.1) is 12.3 Å². The van der Waals surface area contributed by atoms with Crippen LogP contribution < -0.4 is 10.6 Å². The number of hydrogen-bond acceptors (Lipinski definition) is 6. The Balaban J connectivity index is 1.65. The van der Waals surface area contributed by atoms with Crippen molar-refractivity contribution < 1.29 is 14.7 Å². The number of aromatic nitrogens is 1. The second kappa shape index (κ2) is 10.1. The summed E-state index contributed by atoms with van der Waals surface area (Å²) in [5.74, 6) is -0.373. The van der Waals surface area contributed by atoms with Gasteiger partial charge in [-0.05, 0) is 30.0 Å². The highest BCUT2D eigenvalue weighted by molar-refractivity contribution is 7.13. The van der Waals surface area contributed by atoms with Gasteiger partial charge in [0, 0.05) is 19.5 Å². The standard InChI is InChI=1S/C24H34N4O3S/c1-6-25-21(24(3,4)5)23(31)28-13-18(29)11-19(28)22(30)26-12-16-7-9-17(10-8-16)20-15(2)27-14-32-20/h7-10,14,18-19,21,25,29H,6,11-13H2,1-5H3,(H,26,30)/t18-,19+,21+/m1/s1. The van der Waals surface area contributed by atoms with Crippen LogP contribution in [0.3, 0.4) is 0 Å². The molecule has 2 heterocycles. The van der Waals surface area contributed by atoms with Gasteiger partial charge in [0.05, 0.1) is 28.2 Å². The summed E-state index contributed by atoms with van der Waals surface area (Å²) in [5.41, 5.74) is 4.61. The monoisotopic (exact) mass is 458 g/mol. The number of rotatable bonds is 7.